The quantitative estimate of drug-likeness (QED) is 0.651. The molecule has 0 atom stereocenters. The van der Waals surface area contributed by atoms with Crippen molar-refractivity contribution in [1.82, 2.24) is 15.5 Å². The number of carbonyl (C=O) groups is 1. The molecule has 1 saturated heterocycles. The monoisotopic (exact) mass is 199 g/mol. The summed E-state index contributed by atoms with van der Waals surface area (Å²) in [6.07, 6.45) is 0. The molecule has 4 heteroatoms. The van der Waals surface area contributed by atoms with E-state index in [4.69, 9.17) is 0 Å². The molecule has 0 bridgehead atoms. The first-order valence-corrected chi connectivity index (χ1v) is 5.22. The third-order valence-corrected chi connectivity index (χ3v) is 2.17. The van der Waals surface area contributed by atoms with Crippen LogP contribution in [0.5, 0.6) is 0 Å². The van der Waals surface area contributed by atoms with E-state index in [1.807, 2.05) is 4.90 Å². The van der Waals surface area contributed by atoms with Crippen molar-refractivity contribution in [3.8, 4) is 0 Å². The van der Waals surface area contributed by atoms with Crippen LogP contribution < -0.4 is 10.6 Å². The molecule has 1 aliphatic heterocycles. The molecule has 14 heavy (non-hydrogen) atoms. The van der Waals surface area contributed by atoms with Gasteiger partial charge in [-0.2, -0.15) is 0 Å². The molecule has 4 nitrogen and oxygen atoms in total. The third kappa shape index (κ3) is 3.96. The van der Waals surface area contributed by atoms with E-state index < -0.39 is 0 Å². The van der Waals surface area contributed by atoms with Gasteiger partial charge in [0, 0.05) is 32.7 Å². The Morgan fingerprint density at radius 3 is 2.43 bits per heavy atom. The Bertz CT molecular complexity index is 192. The van der Waals surface area contributed by atoms with Gasteiger partial charge in [0.15, 0.2) is 0 Å². The average molecular weight is 199 g/mol. The Hall–Kier alpha value is -0.770. The minimum Gasteiger partial charge on any atom is -0.337 e. The van der Waals surface area contributed by atoms with Gasteiger partial charge in [-0.25, -0.2) is 4.79 Å². The first-order valence-electron chi connectivity index (χ1n) is 5.22. The fraction of sp³-hybridized carbons (Fsp3) is 0.900. The second-order valence-corrected chi connectivity index (χ2v) is 4.96. The summed E-state index contributed by atoms with van der Waals surface area (Å²) in [6, 6.07) is 0.0708. The number of amides is 2. The maximum absolute atomic E-state index is 11.6. The summed E-state index contributed by atoms with van der Waals surface area (Å²) in [4.78, 5) is 13.5. The van der Waals surface area contributed by atoms with Crippen LogP contribution in [0.2, 0.25) is 0 Å². The number of hydrogen-bond acceptors (Lipinski definition) is 2. The molecule has 2 N–H and O–H groups in total. The van der Waals surface area contributed by atoms with E-state index in [9.17, 15) is 4.79 Å². The Balaban J connectivity index is 2.27. The van der Waals surface area contributed by atoms with Crippen LogP contribution in [-0.2, 0) is 0 Å². The van der Waals surface area contributed by atoms with Gasteiger partial charge in [0.25, 0.3) is 0 Å². The molecule has 1 aliphatic rings. The van der Waals surface area contributed by atoms with Gasteiger partial charge in [0.1, 0.15) is 0 Å². The molecule has 0 saturated carbocycles. The zero-order valence-corrected chi connectivity index (χ0v) is 9.39. The number of hydrogen-bond donors (Lipinski definition) is 2. The molecule has 1 fully saturated rings. The summed E-state index contributed by atoms with van der Waals surface area (Å²) >= 11 is 0. The Labute approximate surface area is 86.0 Å². The van der Waals surface area contributed by atoms with Gasteiger partial charge in [-0.1, -0.05) is 20.8 Å². The molecule has 0 spiro atoms. The largest absolute Gasteiger partial charge is 0.337 e. The Morgan fingerprint density at radius 2 is 1.93 bits per heavy atom. The normalized spacial score (nSPS) is 18.1. The van der Waals surface area contributed by atoms with Crippen LogP contribution in [0.15, 0.2) is 0 Å². The molecule has 1 heterocycles. The molecule has 1 rings (SSSR count). The summed E-state index contributed by atoms with van der Waals surface area (Å²) in [6.45, 7) is 10.5. The summed E-state index contributed by atoms with van der Waals surface area (Å²) in [5.74, 6) is 0. The summed E-state index contributed by atoms with van der Waals surface area (Å²) in [5.41, 5.74) is 0.156. The van der Waals surface area contributed by atoms with Crippen molar-refractivity contribution < 1.29 is 4.79 Å². The Kier molecular flexibility index (Phi) is 3.75. The van der Waals surface area contributed by atoms with Gasteiger partial charge in [-0.05, 0) is 5.41 Å². The van der Waals surface area contributed by atoms with Crippen LogP contribution in [0, 0.1) is 5.41 Å². The first kappa shape index (κ1) is 11.3. The van der Waals surface area contributed by atoms with Crippen LogP contribution in [0.25, 0.3) is 0 Å². The molecule has 82 valence electrons. The summed E-state index contributed by atoms with van der Waals surface area (Å²) in [5, 5.41) is 6.17. The van der Waals surface area contributed by atoms with E-state index in [0.717, 1.165) is 32.7 Å². The van der Waals surface area contributed by atoms with E-state index in [1.165, 1.54) is 0 Å². The first-order chi connectivity index (χ1) is 6.49. The fourth-order valence-corrected chi connectivity index (χ4v) is 1.32. The van der Waals surface area contributed by atoms with Crippen LogP contribution in [0.4, 0.5) is 4.79 Å². The lowest BCUT2D eigenvalue weighted by Crippen LogP contribution is -2.51. The molecule has 0 aromatic heterocycles. The lowest BCUT2D eigenvalue weighted by molar-refractivity contribution is 0.185. The van der Waals surface area contributed by atoms with Crippen molar-refractivity contribution >= 4 is 6.03 Å². The van der Waals surface area contributed by atoms with Crippen molar-refractivity contribution in [3.05, 3.63) is 0 Å². The number of piperazine rings is 1. The number of rotatable bonds is 1. The van der Waals surface area contributed by atoms with Gasteiger partial charge in [0.2, 0.25) is 0 Å². The molecule has 0 radical (unpaired) electrons. The maximum atomic E-state index is 11.6. The van der Waals surface area contributed by atoms with Crippen molar-refractivity contribution in [2.24, 2.45) is 5.41 Å². The number of carbonyl (C=O) groups excluding carboxylic acids is 1. The van der Waals surface area contributed by atoms with Gasteiger partial charge in [-0.15, -0.1) is 0 Å². The van der Waals surface area contributed by atoms with Gasteiger partial charge in [0.05, 0.1) is 0 Å². The third-order valence-electron chi connectivity index (χ3n) is 2.17. The Morgan fingerprint density at radius 1 is 1.36 bits per heavy atom. The molecule has 2 amide bonds. The van der Waals surface area contributed by atoms with Crippen LogP contribution in [-0.4, -0.2) is 43.7 Å². The number of nitrogens with zero attached hydrogens (tertiary/aromatic N) is 1. The predicted molar refractivity (Wildman–Crippen MR) is 57.3 cm³/mol. The van der Waals surface area contributed by atoms with E-state index in [0.29, 0.717) is 0 Å². The molecule has 0 aromatic carbocycles. The average Bonchev–Trinajstić information content (AvgIpc) is 2.14. The zero-order chi connectivity index (χ0) is 10.6. The number of urea groups is 1. The lowest BCUT2D eigenvalue weighted by Gasteiger charge is -2.29. The summed E-state index contributed by atoms with van der Waals surface area (Å²) in [7, 11) is 0. The minimum atomic E-state index is 0.0708. The van der Waals surface area contributed by atoms with Crippen LogP contribution in [0.1, 0.15) is 20.8 Å². The van der Waals surface area contributed by atoms with Crippen LogP contribution >= 0.6 is 0 Å². The smallest absolute Gasteiger partial charge is 0.317 e. The van der Waals surface area contributed by atoms with Gasteiger partial charge in [-0.3, -0.25) is 0 Å². The second kappa shape index (κ2) is 4.64. The van der Waals surface area contributed by atoms with Gasteiger partial charge < -0.3 is 15.5 Å². The standard InChI is InChI=1S/C10H21N3O/c1-10(2,3)8-12-9(14)13-6-4-11-5-7-13/h11H,4-8H2,1-3H3,(H,12,14). The van der Waals surface area contributed by atoms with Crippen molar-refractivity contribution in [1.29, 1.82) is 0 Å². The maximum Gasteiger partial charge on any atom is 0.317 e. The highest BCUT2D eigenvalue weighted by Crippen LogP contribution is 2.10. The van der Waals surface area contributed by atoms with E-state index in [-0.39, 0.29) is 11.4 Å². The zero-order valence-electron chi connectivity index (χ0n) is 9.39. The second-order valence-electron chi connectivity index (χ2n) is 4.96. The summed E-state index contributed by atoms with van der Waals surface area (Å²) < 4.78 is 0. The van der Waals surface area contributed by atoms with Crippen molar-refractivity contribution in [2.75, 3.05) is 32.7 Å². The van der Waals surface area contributed by atoms with E-state index in [2.05, 4.69) is 31.4 Å². The highest BCUT2D eigenvalue weighted by molar-refractivity contribution is 5.74. The molecular formula is C10H21N3O. The topological polar surface area (TPSA) is 44.4 Å². The van der Waals surface area contributed by atoms with Crippen molar-refractivity contribution in [3.63, 3.8) is 0 Å². The fourth-order valence-electron chi connectivity index (χ4n) is 1.32. The predicted octanol–water partition coefficient (Wildman–Crippen LogP) is 0.647. The molecule has 0 aliphatic carbocycles. The molecular weight excluding hydrogens is 178 g/mol. The molecule has 0 aromatic rings. The highest BCUT2D eigenvalue weighted by atomic mass is 16.2. The SMILES string of the molecule is CC(C)(C)CNC(=O)N1CCNCC1. The van der Waals surface area contributed by atoms with Crippen LogP contribution in [0.3, 0.4) is 0 Å². The van der Waals surface area contributed by atoms with E-state index in [1.54, 1.807) is 0 Å². The van der Waals surface area contributed by atoms with Crippen molar-refractivity contribution in [2.45, 2.75) is 20.8 Å². The molecule has 0 unspecified atom stereocenters. The van der Waals surface area contributed by atoms with Gasteiger partial charge >= 0.3 is 6.03 Å². The number of nitrogens with one attached hydrogen (secondary N) is 2. The van der Waals surface area contributed by atoms with E-state index >= 15 is 0 Å². The lowest BCUT2D eigenvalue weighted by atomic mass is 9.97. The highest BCUT2D eigenvalue weighted by Gasteiger charge is 2.18. The minimum absolute atomic E-state index is 0.0708.